The summed E-state index contributed by atoms with van der Waals surface area (Å²) in [5.74, 6) is -0.841. The van der Waals surface area contributed by atoms with Crippen LogP contribution in [0, 0.1) is 13.8 Å². The van der Waals surface area contributed by atoms with Crippen LogP contribution < -0.4 is 0 Å². The zero-order valence-corrected chi connectivity index (χ0v) is 14.1. The molecule has 5 heteroatoms. The van der Waals surface area contributed by atoms with Crippen molar-refractivity contribution in [1.82, 2.24) is 14.7 Å². The maximum absolute atomic E-state index is 12.6. The molecule has 0 N–H and O–H groups in total. The smallest absolute Gasteiger partial charge is 0.295 e. The number of carbonyl (C=O) groups excluding carboxylic acids is 2. The minimum atomic E-state index is -0.436. The zero-order valence-electron chi connectivity index (χ0n) is 14.1. The van der Waals surface area contributed by atoms with Crippen molar-refractivity contribution in [1.29, 1.82) is 0 Å². The lowest BCUT2D eigenvalue weighted by Crippen LogP contribution is -2.43. The fourth-order valence-corrected chi connectivity index (χ4v) is 2.41. The first-order valence-electron chi connectivity index (χ1n) is 7.70. The quantitative estimate of drug-likeness (QED) is 0.573. The van der Waals surface area contributed by atoms with Gasteiger partial charge in [0.1, 0.15) is 0 Å². The van der Waals surface area contributed by atoms with Crippen molar-refractivity contribution in [3.8, 4) is 0 Å². The number of hydrogen-bond acceptors (Lipinski definition) is 3. The first kappa shape index (κ1) is 17.4. The molecule has 0 spiro atoms. The van der Waals surface area contributed by atoms with Gasteiger partial charge < -0.3 is 4.90 Å². The van der Waals surface area contributed by atoms with Gasteiger partial charge >= 0.3 is 0 Å². The number of rotatable bonds is 7. The first-order valence-corrected chi connectivity index (χ1v) is 7.70. The Morgan fingerprint density at radius 2 is 1.90 bits per heavy atom. The van der Waals surface area contributed by atoms with Gasteiger partial charge in [-0.15, -0.1) is 0 Å². The van der Waals surface area contributed by atoms with E-state index in [1.165, 1.54) is 0 Å². The topological polar surface area (TPSA) is 55.2 Å². The van der Waals surface area contributed by atoms with Gasteiger partial charge in [0.05, 0.1) is 11.3 Å². The lowest BCUT2D eigenvalue weighted by molar-refractivity contribution is -0.128. The third-order valence-corrected chi connectivity index (χ3v) is 4.07. The van der Waals surface area contributed by atoms with E-state index in [9.17, 15) is 9.59 Å². The standard InChI is InChI=1S/C16H27N3O2/c1-7-9-10-19(11(3)8-2)16(21)15(20)14-12(4)17-18(6)13(14)5/h11H,7-10H2,1-6H3. The Morgan fingerprint density at radius 3 is 2.33 bits per heavy atom. The van der Waals surface area contributed by atoms with Crippen LogP contribution in [0.15, 0.2) is 0 Å². The molecule has 1 amide bonds. The van der Waals surface area contributed by atoms with E-state index in [-0.39, 0.29) is 6.04 Å². The van der Waals surface area contributed by atoms with E-state index < -0.39 is 11.7 Å². The second kappa shape index (κ2) is 7.38. The highest BCUT2D eigenvalue weighted by atomic mass is 16.2. The first-order chi connectivity index (χ1) is 9.84. The predicted molar refractivity (Wildman–Crippen MR) is 83.4 cm³/mol. The summed E-state index contributed by atoms with van der Waals surface area (Å²) in [6.07, 6.45) is 2.75. The Hall–Kier alpha value is -1.65. The average Bonchev–Trinajstić information content (AvgIpc) is 2.71. The van der Waals surface area contributed by atoms with Gasteiger partial charge in [0.15, 0.2) is 0 Å². The van der Waals surface area contributed by atoms with Crippen molar-refractivity contribution in [2.45, 2.75) is 59.9 Å². The second-order valence-corrected chi connectivity index (χ2v) is 5.61. The summed E-state index contributed by atoms with van der Waals surface area (Å²) in [5, 5.41) is 4.23. The molecule has 0 fully saturated rings. The van der Waals surface area contributed by atoms with E-state index in [0.717, 1.165) is 25.0 Å². The Morgan fingerprint density at radius 1 is 1.29 bits per heavy atom. The largest absolute Gasteiger partial charge is 0.333 e. The molecule has 0 aromatic carbocycles. The molecule has 1 aromatic heterocycles. The minimum Gasteiger partial charge on any atom is -0.333 e. The second-order valence-electron chi connectivity index (χ2n) is 5.61. The number of carbonyl (C=O) groups is 2. The van der Waals surface area contributed by atoms with E-state index in [1.807, 2.05) is 20.8 Å². The van der Waals surface area contributed by atoms with Crippen LogP contribution in [0.3, 0.4) is 0 Å². The van der Waals surface area contributed by atoms with Crippen molar-refractivity contribution in [2.75, 3.05) is 6.54 Å². The predicted octanol–water partition coefficient (Wildman–Crippen LogP) is 2.65. The highest BCUT2D eigenvalue weighted by Gasteiger charge is 2.29. The summed E-state index contributed by atoms with van der Waals surface area (Å²) >= 11 is 0. The van der Waals surface area contributed by atoms with Gasteiger partial charge in [0, 0.05) is 25.3 Å². The lowest BCUT2D eigenvalue weighted by atomic mass is 10.1. The van der Waals surface area contributed by atoms with Gasteiger partial charge in [0.25, 0.3) is 11.7 Å². The fraction of sp³-hybridized carbons (Fsp3) is 0.688. The molecule has 1 heterocycles. The van der Waals surface area contributed by atoms with Gasteiger partial charge in [-0.3, -0.25) is 14.3 Å². The minimum absolute atomic E-state index is 0.0743. The van der Waals surface area contributed by atoms with Gasteiger partial charge in [-0.2, -0.15) is 5.10 Å². The summed E-state index contributed by atoms with van der Waals surface area (Å²) < 4.78 is 1.65. The number of aromatic nitrogens is 2. The summed E-state index contributed by atoms with van der Waals surface area (Å²) in [7, 11) is 1.78. The molecule has 0 aliphatic heterocycles. The van der Waals surface area contributed by atoms with Crippen LogP contribution >= 0.6 is 0 Å². The van der Waals surface area contributed by atoms with E-state index in [1.54, 1.807) is 23.6 Å². The molecule has 5 nitrogen and oxygen atoms in total. The van der Waals surface area contributed by atoms with Crippen LogP contribution in [-0.4, -0.2) is 39.0 Å². The third-order valence-electron chi connectivity index (χ3n) is 4.07. The molecular formula is C16H27N3O2. The van der Waals surface area contributed by atoms with Crippen molar-refractivity contribution in [2.24, 2.45) is 7.05 Å². The molecule has 0 saturated heterocycles. The zero-order chi connectivity index (χ0) is 16.2. The van der Waals surface area contributed by atoms with E-state index >= 15 is 0 Å². The molecule has 0 saturated carbocycles. The summed E-state index contributed by atoms with van der Waals surface area (Å²) in [6.45, 7) is 10.3. The number of hydrogen-bond donors (Lipinski definition) is 0. The molecule has 1 atom stereocenters. The van der Waals surface area contributed by atoms with Crippen LogP contribution in [0.25, 0.3) is 0 Å². The summed E-state index contributed by atoms with van der Waals surface area (Å²) in [6, 6.07) is 0.0743. The number of ketones is 1. The Bertz CT molecular complexity index is 520. The van der Waals surface area contributed by atoms with Gasteiger partial charge in [0.2, 0.25) is 0 Å². The molecule has 118 valence electrons. The molecule has 0 aliphatic carbocycles. The molecule has 21 heavy (non-hydrogen) atoms. The van der Waals surface area contributed by atoms with E-state index in [2.05, 4.69) is 12.0 Å². The number of amides is 1. The number of aryl methyl sites for hydroxylation is 2. The van der Waals surface area contributed by atoms with Crippen LogP contribution in [-0.2, 0) is 11.8 Å². The van der Waals surface area contributed by atoms with Crippen LogP contribution in [0.5, 0.6) is 0 Å². The number of unbranched alkanes of at least 4 members (excludes halogenated alkanes) is 1. The van der Waals surface area contributed by atoms with Crippen molar-refractivity contribution < 1.29 is 9.59 Å². The molecule has 0 radical (unpaired) electrons. The molecule has 1 rings (SSSR count). The molecular weight excluding hydrogens is 266 g/mol. The van der Waals surface area contributed by atoms with Gasteiger partial charge in [-0.05, 0) is 33.6 Å². The van der Waals surface area contributed by atoms with Crippen LogP contribution in [0.2, 0.25) is 0 Å². The Balaban J connectivity index is 3.05. The highest BCUT2D eigenvalue weighted by molar-refractivity contribution is 6.43. The monoisotopic (exact) mass is 293 g/mol. The van der Waals surface area contributed by atoms with Crippen LogP contribution in [0.4, 0.5) is 0 Å². The molecule has 0 bridgehead atoms. The van der Waals surface area contributed by atoms with Crippen LogP contribution in [0.1, 0.15) is 61.8 Å². The number of nitrogens with zero attached hydrogens (tertiary/aromatic N) is 3. The van der Waals surface area contributed by atoms with E-state index in [4.69, 9.17) is 0 Å². The fourth-order valence-electron chi connectivity index (χ4n) is 2.41. The van der Waals surface area contributed by atoms with Crippen molar-refractivity contribution in [3.63, 3.8) is 0 Å². The maximum atomic E-state index is 12.6. The highest BCUT2D eigenvalue weighted by Crippen LogP contribution is 2.16. The Kier molecular flexibility index (Phi) is 6.12. The van der Waals surface area contributed by atoms with E-state index in [0.29, 0.717) is 17.8 Å². The average molecular weight is 293 g/mol. The molecule has 1 aromatic rings. The van der Waals surface area contributed by atoms with Gasteiger partial charge in [-0.25, -0.2) is 0 Å². The lowest BCUT2D eigenvalue weighted by Gasteiger charge is -2.28. The summed E-state index contributed by atoms with van der Waals surface area (Å²) in [5.41, 5.74) is 1.81. The van der Waals surface area contributed by atoms with Crippen molar-refractivity contribution in [3.05, 3.63) is 17.0 Å². The molecule has 1 unspecified atom stereocenters. The normalized spacial score (nSPS) is 12.3. The van der Waals surface area contributed by atoms with Gasteiger partial charge in [-0.1, -0.05) is 20.3 Å². The summed E-state index contributed by atoms with van der Waals surface area (Å²) in [4.78, 5) is 26.9. The van der Waals surface area contributed by atoms with Crippen molar-refractivity contribution >= 4 is 11.7 Å². The SMILES string of the molecule is CCCCN(C(=O)C(=O)c1c(C)nn(C)c1C)C(C)CC. The Labute approximate surface area is 127 Å². The maximum Gasteiger partial charge on any atom is 0.295 e. The third kappa shape index (κ3) is 3.71. The number of Topliss-reactive ketones (excluding diaryl/α,β-unsaturated/α-hetero) is 1. The molecule has 0 aliphatic rings.